The van der Waals surface area contributed by atoms with Gasteiger partial charge in [0.2, 0.25) is 11.8 Å². The molecule has 0 fully saturated rings. The Kier molecular flexibility index (Phi) is 5.10. The topological polar surface area (TPSA) is 43.9 Å². The highest BCUT2D eigenvalue weighted by Gasteiger charge is 2.15. The highest BCUT2D eigenvalue weighted by atomic mass is 16.4. The van der Waals surface area contributed by atoms with Crippen molar-refractivity contribution in [3.63, 3.8) is 0 Å². The molecule has 0 amide bonds. The lowest BCUT2D eigenvalue weighted by Gasteiger charge is -2.11. The Balaban J connectivity index is 1.21. The average Bonchev–Trinajstić information content (AvgIpc) is 3.65. The third-order valence-electron chi connectivity index (χ3n) is 7.59. The van der Waals surface area contributed by atoms with Crippen molar-refractivity contribution in [2.24, 2.45) is 0 Å². The molecule has 2 heterocycles. The molecule has 0 unspecified atom stereocenters. The number of aromatic nitrogens is 3. The fourth-order valence-electron chi connectivity index (χ4n) is 5.66. The van der Waals surface area contributed by atoms with Gasteiger partial charge in [0.05, 0.1) is 16.7 Å². The first-order valence-electron chi connectivity index (χ1n) is 13.3. The van der Waals surface area contributed by atoms with Gasteiger partial charge in [0, 0.05) is 27.3 Å². The molecule has 0 saturated carbocycles. The number of hydrogen-bond acceptors (Lipinski definition) is 3. The van der Waals surface area contributed by atoms with Gasteiger partial charge in [-0.15, -0.1) is 10.2 Å². The first-order valence-corrected chi connectivity index (χ1v) is 13.3. The molecule has 40 heavy (non-hydrogen) atoms. The summed E-state index contributed by atoms with van der Waals surface area (Å²) >= 11 is 0. The number of benzene rings is 6. The molecule has 6 aromatic carbocycles. The second kappa shape index (κ2) is 9.07. The van der Waals surface area contributed by atoms with Crippen molar-refractivity contribution in [1.29, 1.82) is 0 Å². The minimum absolute atomic E-state index is 0.513. The van der Waals surface area contributed by atoms with Gasteiger partial charge in [0.1, 0.15) is 0 Å². The predicted molar refractivity (Wildman–Crippen MR) is 162 cm³/mol. The molecule has 0 N–H and O–H groups in total. The Morgan fingerprint density at radius 2 is 1.02 bits per heavy atom. The molecule has 0 atom stereocenters. The molecule has 8 rings (SSSR count). The van der Waals surface area contributed by atoms with Crippen molar-refractivity contribution >= 4 is 32.6 Å². The summed E-state index contributed by atoms with van der Waals surface area (Å²) in [5.74, 6) is 1.03. The van der Waals surface area contributed by atoms with Gasteiger partial charge in [-0.1, -0.05) is 91.0 Å². The largest absolute Gasteiger partial charge is 0.416 e. The molecule has 2 aromatic heterocycles. The fraction of sp³-hybridized carbons (Fsp3) is 0. The van der Waals surface area contributed by atoms with Crippen molar-refractivity contribution in [2.75, 3.05) is 0 Å². The maximum Gasteiger partial charge on any atom is 0.248 e. The van der Waals surface area contributed by atoms with Crippen LogP contribution in [0.15, 0.2) is 144 Å². The van der Waals surface area contributed by atoms with Crippen molar-refractivity contribution in [2.45, 2.75) is 0 Å². The zero-order valence-corrected chi connectivity index (χ0v) is 21.5. The van der Waals surface area contributed by atoms with Gasteiger partial charge < -0.3 is 8.98 Å². The van der Waals surface area contributed by atoms with E-state index >= 15 is 0 Å². The van der Waals surface area contributed by atoms with E-state index in [0.717, 1.165) is 22.3 Å². The standard InChI is InChI=1S/C36H23N3O/c1-2-10-26(11-3-1)35-37-38-36(40-35)27-19-17-24(18-20-27)28-21-22-34-31(23-28)30-14-6-7-15-33(30)39(34)32-16-8-12-25-9-4-5-13-29(25)32/h1-23H. The van der Waals surface area contributed by atoms with E-state index in [9.17, 15) is 0 Å². The van der Waals surface area contributed by atoms with Crippen LogP contribution in [0, 0.1) is 0 Å². The Labute approximate surface area is 230 Å². The highest BCUT2D eigenvalue weighted by molar-refractivity contribution is 6.11. The molecular weight excluding hydrogens is 490 g/mol. The average molecular weight is 514 g/mol. The normalized spacial score (nSPS) is 11.5. The van der Waals surface area contributed by atoms with Crippen LogP contribution in [0.25, 0.3) is 72.3 Å². The van der Waals surface area contributed by atoms with Gasteiger partial charge >= 0.3 is 0 Å². The molecule has 0 spiro atoms. The van der Waals surface area contributed by atoms with Crippen molar-refractivity contribution < 1.29 is 4.42 Å². The summed E-state index contributed by atoms with van der Waals surface area (Å²) < 4.78 is 8.35. The summed E-state index contributed by atoms with van der Waals surface area (Å²) in [7, 11) is 0. The monoisotopic (exact) mass is 513 g/mol. The fourth-order valence-corrected chi connectivity index (χ4v) is 5.66. The first-order chi connectivity index (χ1) is 19.8. The predicted octanol–water partition coefficient (Wildman–Crippen LogP) is 9.32. The third kappa shape index (κ3) is 3.62. The van der Waals surface area contributed by atoms with Crippen LogP contribution >= 0.6 is 0 Å². The first kappa shape index (κ1) is 22.5. The zero-order valence-electron chi connectivity index (χ0n) is 21.5. The summed E-state index contributed by atoms with van der Waals surface area (Å²) in [4.78, 5) is 0. The lowest BCUT2D eigenvalue weighted by molar-refractivity contribution is 0.584. The van der Waals surface area contributed by atoms with E-state index in [1.807, 2.05) is 42.5 Å². The molecule has 188 valence electrons. The Bertz CT molecular complexity index is 2150. The summed E-state index contributed by atoms with van der Waals surface area (Å²) in [6, 6.07) is 48.6. The Morgan fingerprint density at radius 1 is 0.425 bits per heavy atom. The van der Waals surface area contributed by atoms with Gasteiger partial charge in [0.15, 0.2) is 0 Å². The van der Waals surface area contributed by atoms with E-state index in [-0.39, 0.29) is 0 Å². The van der Waals surface area contributed by atoms with E-state index in [1.165, 1.54) is 38.3 Å². The van der Waals surface area contributed by atoms with Crippen molar-refractivity contribution in [1.82, 2.24) is 14.8 Å². The zero-order chi connectivity index (χ0) is 26.5. The summed E-state index contributed by atoms with van der Waals surface area (Å²) in [6.07, 6.45) is 0. The van der Waals surface area contributed by atoms with E-state index in [0.29, 0.717) is 11.8 Å². The van der Waals surface area contributed by atoms with Crippen LogP contribution in [0.5, 0.6) is 0 Å². The lowest BCUT2D eigenvalue weighted by atomic mass is 10.0. The number of nitrogens with zero attached hydrogens (tertiary/aromatic N) is 3. The van der Waals surface area contributed by atoms with E-state index in [1.54, 1.807) is 0 Å². The number of fused-ring (bicyclic) bond motifs is 4. The minimum Gasteiger partial charge on any atom is -0.416 e. The van der Waals surface area contributed by atoms with E-state index in [4.69, 9.17) is 4.42 Å². The van der Waals surface area contributed by atoms with Crippen LogP contribution in [0.2, 0.25) is 0 Å². The van der Waals surface area contributed by atoms with Crippen LogP contribution in [0.1, 0.15) is 0 Å². The van der Waals surface area contributed by atoms with Crippen molar-refractivity contribution in [3.8, 4) is 39.7 Å². The quantitative estimate of drug-likeness (QED) is 0.235. The van der Waals surface area contributed by atoms with Gasteiger partial charge in [-0.05, 0) is 65.0 Å². The molecule has 0 radical (unpaired) electrons. The van der Waals surface area contributed by atoms with Crippen LogP contribution in [-0.4, -0.2) is 14.8 Å². The molecule has 4 nitrogen and oxygen atoms in total. The Morgan fingerprint density at radius 3 is 1.85 bits per heavy atom. The van der Waals surface area contributed by atoms with Gasteiger partial charge in [-0.3, -0.25) is 0 Å². The minimum atomic E-state index is 0.513. The van der Waals surface area contributed by atoms with E-state index in [2.05, 4.69) is 112 Å². The molecule has 0 bridgehead atoms. The van der Waals surface area contributed by atoms with Crippen LogP contribution < -0.4 is 0 Å². The second-order valence-electron chi connectivity index (χ2n) is 9.94. The molecular formula is C36H23N3O. The molecule has 4 heteroatoms. The Hall–Kier alpha value is -5.48. The smallest absolute Gasteiger partial charge is 0.248 e. The summed E-state index contributed by atoms with van der Waals surface area (Å²) in [5.41, 5.74) is 7.69. The summed E-state index contributed by atoms with van der Waals surface area (Å²) in [6.45, 7) is 0. The second-order valence-corrected chi connectivity index (χ2v) is 9.94. The third-order valence-corrected chi connectivity index (χ3v) is 7.59. The van der Waals surface area contributed by atoms with Crippen LogP contribution in [-0.2, 0) is 0 Å². The molecule has 0 aliphatic heterocycles. The van der Waals surface area contributed by atoms with Crippen LogP contribution in [0.3, 0.4) is 0 Å². The summed E-state index contributed by atoms with van der Waals surface area (Å²) in [5, 5.41) is 13.5. The highest BCUT2D eigenvalue weighted by Crippen LogP contribution is 2.37. The van der Waals surface area contributed by atoms with Gasteiger partial charge in [0.25, 0.3) is 0 Å². The molecule has 8 aromatic rings. The van der Waals surface area contributed by atoms with E-state index < -0.39 is 0 Å². The van der Waals surface area contributed by atoms with Gasteiger partial charge in [-0.25, -0.2) is 0 Å². The molecule has 0 saturated heterocycles. The number of hydrogen-bond donors (Lipinski definition) is 0. The molecule has 0 aliphatic rings. The van der Waals surface area contributed by atoms with Crippen molar-refractivity contribution in [3.05, 3.63) is 140 Å². The SMILES string of the molecule is c1ccc(-c2nnc(-c3ccc(-c4ccc5c(c4)c4ccccc4n5-c4cccc5ccccc45)cc3)o2)cc1. The van der Waals surface area contributed by atoms with Crippen LogP contribution in [0.4, 0.5) is 0 Å². The maximum atomic E-state index is 5.96. The maximum absolute atomic E-state index is 5.96. The lowest BCUT2D eigenvalue weighted by Crippen LogP contribution is -1.95. The number of rotatable bonds is 4. The molecule has 0 aliphatic carbocycles. The van der Waals surface area contributed by atoms with Gasteiger partial charge in [-0.2, -0.15) is 0 Å². The number of para-hydroxylation sites is 1.